The van der Waals surface area contributed by atoms with Crippen molar-refractivity contribution in [3.63, 3.8) is 0 Å². The smallest absolute Gasteiger partial charge is 0.256 e. The molecular formula is C31H40N8O2. The van der Waals surface area contributed by atoms with Gasteiger partial charge in [0.15, 0.2) is 0 Å². The zero-order chi connectivity index (χ0) is 28.8. The number of nitrogens with one attached hydrogen (secondary N) is 3. The predicted octanol–water partition coefficient (Wildman–Crippen LogP) is 4.54. The van der Waals surface area contributed by atoms with Crippen LogP contribution >= 0.6 is 0 Å². The highest BCUT2D eigenvalue weighted by Crippen LogP contribution is 2.34. The monoisotopic (exact) mass is 556 g/mol. The summed E-state index contributed by atoms with van der Waals surface area (Å²) in [6.45, 7) is 7.01. The van der Waals surface area contributed by atoms with Crippen molar-refractivity contribution in [1.82, 2.24) is 30.1 Å². The molecule has 0 saturated heterocycles. The highest BCUT2D eigenvalue weighted by atomic mass is 16.5. The van der Waals surface area contributed by atoms with Crippen molar-refractivity contribution in [3.8, 4) is 0 Å². The van der Waals surface area contributed by atoms with Gasteiger partial charge in [-0.3, -0.25) is 4.79 Å². The van der Waals surface area contributed by atoms with Gasteiger partial charge in [-0.25, -0.2) is 9.97 Å². The number of likely N-dealkylation sites (N-methyl/N-ethyl adjacent to an activating group) is 1. The zero-order valence-electron chi connectivity index (χ0n) is 24.4. The Labute approximate surface area is 242 Å². The van der Waals surface area contributed by atoms with Gasteiger partial charge in [0.05, 0.1) is 5.69 Å². The topological polar surface area (TPSA) is 108 Å². The van der Waals surface area contributed by atoms with E-state index in [1.807, 2.05) is 38.1 Å². The van der Waals surface area contributed by atoms with Crippen molar-refractivity contribution in [3.05, 3.63) is 83.6 Å². The first kappa shape index (κ1) is 28.5. The number of aromatic nitrogens is 3. The second-order valence-corrected chi connectivity index (χ2v) is 11.2. The van der Waals surface area contributed by atoms with Crippen molar-refractivity contribution in [2.45, 2.75) is 38.7 Å². The molecule has 10 nitrogen and oxygen atoms in total. The number of hydrogen-bond acceptors (Lipinski definition) is 9. The van der Waals surface area contributed by atoms with Gasteiger partial charge in [0.25, 0.3) is 5.91 Å². The summed E-state index contributed by atoms with van der Waals surface area (Å²) in [5.41, 5.74) is 2.89. The first-order chi connectivity index (χ1) is 19.8. The minimum atomic E-state index is -0.562. The average Bonchev–Trinajstić information content (AvgIpc) is 3.35. The molecule has 2 aromatic rings. The Morgan fingerprint density at radius 2 is 2.07 bits per heavy atom. The Kier molecular flexibility index (Phi) is 8.80. The van der Waals surface area contributed by atoms with E-state index in [4.69, 9.17) is 14.7 Å². The number of carbonyl (C=O) groups excluding carboxylic acids is 1. The third-order valence-electron chi connectivity index (χ3n) is 7.34. The minimum Gasteiger partial charge on any atom is -0.369 e. The molecule has 0 radical (unpaired) electrons. The molecule has 2 aromatic heterocycles. The molecule has 3 aliphatic rings. The molecule has 2 bridgehead atoms. The maximum Gasteiger partial charge on any atom is 0.256 e. The number of ether oxygens (including phenoxy) is 1. The Morgan fingerprint density at radius 1 is 1.20 bits per heavy atom. The molecule has 5 rings (SSSR count). The van der Waals surface area contributed by atoms with Crippen molar-refractivity contribution >= 4 is 23.5 Å². The van der Waals surface area contributed by atoms with Gasteiger partial charge in [-0.2, -0.15) is 4.98 Å². The van der Waals surface area contributed by atoms with Crippen molar-refractivity contribution < 1.29 is 9.53 Å². The van der Waals surface area contributed by atoms with E-state index >= 15 is 0 Å². The van der Waals surface area contributed by atoms with E-state index in [0.717, 1.165) is 43.7 Å². The third kappa shape index (κ3) is 7.20. The molecule has 3 N–H and O–H groups in total. The summed E-state index contributed by atoms with van der Waals surface area (Å²) in [4.78, 5) is 31.6. The largest absolute Gasteiger partial charge is 0.369 e. The molecule has 0 aromatic carbocycles. The number of amides is 1. The van der Waals surface area contributed by atoms with Crippen molar-refractivity contribution in [2.24, 2.45) is 5.92 Å². The number of hydrogen-bond donors (Lipinski definition) is 3. The lowest BCUT2D eigenvalue weighted by molar-refractivity contribution is -0.0254. The average molecular weight is 557 g/mol. The molecule has 1 amide bonds. The number of anilines is 3. The highest BCUT2D eigenvalue weighted by Gasteiger charge is 2.27. The number of nitrogens with zero attached hydrogens (tertiary/aromatic N) is 5. The second-order valence-electron chi connectivity index (χ2n) is 11.2. The summed E-state index contributed by atoms with van der Waals surface area (Å²) in [7, 11) is 4.18. The third-order valence-corrected chi connectivity index (χ3v) is 7.34. The lowest BCUT2D eigenvalue weighted by atomic mass is 9.96. The predicted molar refractivity (Wildman–Crippen MR) is 162 cm³/mol. The SMILES string of the molecule is CN(C)CCN1C=CC2CC(Nc3ncc4c(n3)Nc3cccc(n3)C(C)(C)OCCC/C=C/CNC4=O)=CC=C21. The van der Waals surface area contributed by atoms with Gasteiger partial charge in [0.1, 0.15) is 22.8 Å². The molecule has 0 saturated carbocycles. The van der Waals surface area contributed by atoms with Gasteiger partial charge in [-0.05, 0) is 71.5 Å². The molecule has 0 fully saturated rings. The Morgan fingerprint density at radius 3 is 2.93 bits per heavy atom. The zero-order valence-corrected chi connectivity index (χ0v) is 24.4. The number of carbonyl (C=O) groups is 1. The van der Waals surface area contributed by atoms with Gasteiger partial charge in [-0.1, -0.05) is 24.3 Å². The molecule has 1 unspecified atom stereocenters. The summed E-state index contributed by atoms with van der Waals surface area (Å²) in [5, 5.41) is 9.58. The van der Waals surface area contributed by atoms with Crippen LogP contribution in [0.25, 0.3) is 0 Å². The Balaban J connectivity index is 1.39. The van der Waals surface area contributed by atoms with Gasteiger partial charge in [0, 0.05) is 55.9 Å². The number of fused-ring (bicyclic) bond motifs is 4. The van der Waals surface area contributed by atoms with Crippen LogP contribution in [0.4, 0.5) is 17.6 Å². The normalized spacial score (nSPS) is 21.2. The fourth-order valence-corrected chi connectivity index (χ4v) is 4.95. The highest BCUT2D eigenvalue weighted by molar-refractivity contribution is 5.99. The van der Waals surface area contributed by atoms with Gasteiger partial charge in [-0.15, -0.1) is 0 Å². The lowest BCUT2D eigenvalue weighted by Crippen LogP contribution is -2.28. The van der Waals surface area contributed by atoms with Crippen LogP contribution in [0.5, 0.6) is 0 Å². The first-order valence-electron chi connectivity index (χ1n) is 14.2. The molecule has 4 heterocycles. The van der Waals surface area contributed by atoms with Crippen LogP contribution in [0.3, 0.4) is 0 Å². The summed E-state index contributed by atoms with van der Waals surface area (Å²) in [6.07, 6.45) is 16.8. The minimum absolute atomic E-state index is 0.256. The number of rotatable bonds is 5. The molecule has 41 heavy (non-hydrogen) atoms. The lowest BCUT2D eigenvalue weighted by Gasteiger charge is -2.26. The van der Waals surface area contributed by atoms with Crippen molar-refractivity contribution in [1.29, 1.82) is 0 Å². The summed E-state index contributed by atoms with van der Waals surface area (Å²) in [5.74, 6) is 1.41. The van der Waals surface area contributed by atoms with Gasteiger partial charge >= 0.3 is 0 Å². The van der Waals surface area contributed by atoms with Crippen LogP contribution in [0, 0.1) is 5.92 Å². The fraction of sp³-hybridized carbons (Fsp3) is 0.419. The molecule has 0 spiro atoms. The first-order valence-corrected chi connectivity index (χ1v) is 14.2. The summed E-state index contributed by atoms with van der Waals surface area (Å²) >= 11 is 0. The standard InChI is InChI=1S/C31H40N8O2/c1-31(2)26-10-9-11-27(35-26)36-28-24(29(40)32-15-7-5-6-8-19-41-31)21-33-30(37-28)34-23-12-13-25-22(20-23)14-16-39(25)18-17-38(3)4/h5,7,9-14,16,21-22H,6,8,15,17-20H2,1-4H3,(H,32,40)(H2,33,34,35,36,37)/b7-5+. The number of allylic oxidation sites excluding steroid dienone is 5. The Hall–Kier alpha value is -4.02. The van der Waals surface area contributed by atoms with E-state index in [1.54, 1.807) is 6.20 Å². The van der Waals surface area contributed by atoms with E-state index in [1.165, 1.54) is 5.70 Å². The Bertz CT molecular complexity index is 1380. The maximum absolute atomic E-state index is 13.1. The summed E-state index contributed by atoms with van der Waals surface area (Å²) in [6, 6.07) is 5.73. The van der Waals surface area contributed by atoms with E-state index < -0.39 is 5.60 Å². The van der Waals surface area contributed by atoms with Crippen LogP contribution in [-0.4, -0.2) is 71.0 Å². The molecule has 216 valence electrons. The van der Waals surface area contributed by atoms with Crippen LogP contribution in [0.15, 0.2) is 72.4 Å². The van der Waals surface area contributed by atoms with Crippen LogP contribution in [-0.2, 0) is 10.3 Å². The number of pyridine rings is 1. The molecule has 10 heteroatoms. The quantitative estimate of drug-likeness (QED) is 0.458. The van der Waals surface area contributed by atoms with Crippen LogP contribution in [0.1, 0.15) is 49.2 Å². The van der Waals surface area contributed by atoms with Gasteiger partial charge in [0.2, 0.25) is 5.95 Å². The molecule has 2 aliphatic heterocycles. The van der Waals surface area contributed by atoms with E-state index in [9.17, 15) is 4.79 Å². The van der Waals surface area contributed by atoms with E-state index in [-0.39, 0.29) is 5.91 Å². The van der Waals surface area contributed by atoms with Crippen LogP contribution < -0.4 is 16.0 Å². The van der Waals surface area contributed by atoms with Crippen LogP contribution in [0.2, 0.25) is 0 Å². The van der Waals surface area contributed by atoms with Gasteiger partial charge < -0.3 is 30.5 Å². The maximum atomic E-state index is 13.1. The van der Waals surface area contributed by atoms with Crippen molar-refractivity contribution in [2.75, 3.05) is 51.0 Å². The molecule has 1 atom stereocenters. The van der Waals surface area contributed by atoms with E-state index in [2.05, 4.69) is 75.3 Å². The summed E-state index contributed by atoms with van der Waals surface area (Å²) < 4.78 is 6.17. The molecule has 1 aliphatic carbocycles. The second kappa shape index (κ2) is 12.7. The molecular weight excluding hydrogens is 516 g/mol. The van der Waals surface area contributed by atoms with E-state index in [0.29, 0.717) is 42.2 Å². The fourth-order valence-electron chi connectivity index (χ4n) is 4.95.